The molecule has 1 atom stereocenters. The van der Waals surface area contributed by atoms with E-state index in [-0.39, 0.29) is 0 Å². The Hall–Kier alpha value is 0.0406. The van der Waals surface area contributed by atoms with E-state index >= 15 is 0 Å². The van der Waals surface area contributed by atoms with E-state index in [1.165, 1.54) is 0 Å². The zero-order valence-electron chi connectivity index (χ0n) is 16.2. The predicted octanol–water partition coefficient (Wildman–Crippen LogP) is 3.79. The third-order valence-corrected chi connectivity index (χ3v) is 15.4. The minimum absolute atomic E-state index is 0.603. The van der Waals surface area contributed by atoms with Crippen LogP contribution in [-0.4, -0.2) is 51.6 Å². The van der Waals surface area contributed by atoms with E-state index in [1.807, 2.05) is 0 Å². The fourth-order valence-electron chi connectivity index (χ4n) is 4.02. The predicted molar refractivity (Wildman–Crippen MR) is 105 cm³/mol. The van der Waals surface area contributed by atoms with Gasteiger partial charge in [-0.05, 0) is 19.4 Å². The summed E-state index contributed by atoms with van der Waals surface area (Å²) in [5, 5.41) is 9.69. The molecule has 22 heavy (non-hydrogen) atoms. The zero-order chi connectivity index (χ0) is 18.0. The quantitative estimate of drug-likeness (QED) is 0.484. The van der Waals surface area contributed by atoms with Gasteiger partial charge in [0.15, 0.2) is 0 Å². The van der Waals surface area contributed by atoms with Crippen molar-refractivity contribution in [3.63, 3.8) is 0 Å². The lowest BCUT2D eigenvalue weighted by atomic mass is 10.1. The molecule has 0 fully saturated rings. The molecule has 7 heteroatoms. The summed E-state index contributed by atoms with van der Waals surface area (Å²) in [5.74, 6) is -0.603. The van der Waals surface area contributed by atoms with Crippen LogP contribution in [0.25, 0.3) is 0 Å². The highest BCUT2D eigenvalue weighted by Gasteiger charge is 2.59. The maximum Gasteiger partial charge on any atom is 0.319 e. The molecular weight excluding hydrogens is 324 g/mol. The molecule has 0 unspecified atom stereocenters. The van der Waals surface area contributed by atoms with Gasteiger partial charge in [-0.1, -0.05) is 65.3 Å². The number of hydrogen-bond donors (Lipinski definition) is 2. The molecule has 0 aliphatic rings. The minimum Gasteiger partial charge on any atom is -0.480 e. The number of nitrogens with two attached hydrogens (primary N) is 1. The van der Waals surface area contributed by atoms with Crippen molar-refractivity contribution < 1.29 is 9.90 Å². The second-order valence-corrected chi connectivity index (χ2v) is 24.7. The molecule has 132 valence electrons. The third-order valence-electron chi connectivity index (χ3n) is 4.31. The van der Waals surface area contributed by atoms with E-state index in [1.54, 1.807) is 0 Å². The number of carboxylic acids is 1. The number of rotatable bonds is 9. The Balaban J connectivity index is 6.26. The van der Waals surface area contributed by atoms with Gasteiger partial charge in [0.25, 0.3) is 0 Å². The number of unbranched alkanes of at least 4 members (excludes halogenated alkanes) is 1. The maximum absolute atomic E-state index is 12.6. The van der Waals surface area contributed by atoms with Crippen molar-refractivity contribution in [1.82, 2.24) is 4.23 Å². The second kappa shape index (κ2) is 7.29. The lowest BCUT2D eigenvalue weighted by Crippen LogP contribution is -2.79. The van der Waals surface area contributed by atoms with Crippen LogP contribution in [0.4, 0.5) is 0 Å². The molecule has 0 spiro atoms. The fourth-order valence-corrected chi connectivity index (χ4v) is 21.0. The first-order chi connectivity index (χ1) is 9.62. The summed E-state index contributed by atoms with van der Waals surface area (Å²) < 4.78 is 2.54. The average molecular weight is 363 g/mol. The van der Waals surface area contributed by atoms with Crippen molar-refractivity contribution in [3.05, 3.63) is 0 Å². The van der Waals surface area contributed by atoms with Gasteiger partial charge in [-0.15, -0.1) is 0 Å². The van der Waals surface area contributed by atoms with E-state index in [4.69, 9.17) is 5.73 Å². The van der Waals surface area contributed by atoms with Gasteiger partial charge >= 0.3 is 5.97 Å². The Labute approximate surface area is 140 Å². The standard InChI is InChI=1S/C15H38N2O2Si3/c1-20(2,3)15(14(18)19,12-10-11-13-16)17(21(4,5)6)22(7,8)9/h10-13,16H2,1-9H3,(H,18,19)/t15-/m1/s1. The first-order valence-electron chi connectivity index (χ1n) is 8.36. The largest absolute Gasteiger partial charge is 0.480 e. The SMILES string of the molecule is C[Si](C)(C)N([C@@](CCCCN)(C(=O)O)[Si](C)(C)C)[Si](C)(C)C. The average Bonchev–Trinajstić information content (AvgIpc) is 2.21. The van der Waals surface area contributed by atoms with Gasteiger partial charge in [-0.3, -0.25) is 4.79 Å². The van der Waals surface area contributed by atoms with Crippen LogP contribution >= 0.6 is 0 Å². The van der Waals surface area contributed by atoms with Crippen LogP contribution in [0.1, 0.15) is 19.3 Å². The van der Waals surface area contributed by atoms with Gasteiger partial charge in [0.2, 0.25) is 0 Å². The lowest BCUT2D eigenvalue weighted by molar-refractivity contribution is -0.143. The minimum atomic E-state index is -1.98. The van der Waals surface area contributed by atoms with Crippen molar-refractivity contribution in [2.24, 2.45) is 5.73 Å². The van der Waals surface area contributed by atoms with E-state index in [2.05, 4.69) is 63.2 Å². The van der Waals surface area contributed by atoms with Crippen molar-refractivity contribution >= 4 is 30.5 Å². The molecule has 0 aliphatic heterocycles. The van der Waals surface area contributed by atoms with E-state index in [0.717, 1.165) is 19.3 Å². The first kappa shape index (κ1) is 22.0. The van der Waals surface area contributed by atoms with E-state index in [9.17, 15) is 9.90 Å². The summed E-state index contributed by atoms with van der Waals surface area (Å²) in [7, 11) is -5.52. The fraction of sp³-hybridized carbons (Fsp3) is 0.933. The summed E-state index contributed by atoms with van der Waals surface area (Å²) in [6.45, 7) is 21.1. The van der Waals surface area contributed by atoms with Crippen LogP contribution in [0, 0.1) is 0 Å². The van der Waals surface area contributed by atoms with Crippen LogP contribution in [0.15, 0.2) is 0 Å². The molecule has 0 aliphatic carbocycles. The molecule has 0 saturated carbocycles. The topological polar surface area (TPSA) is 66.6 Å². The molecule has 0 amide bonds. The highest BCUT2D eigenvalue weighted by Crippen LogP contribution is 2.40. The van der Waals surface area contributed by atoms with Gasteiger partial charge in [0, 0.05) is 0 Å². The van der Waals surface area contributed by atoms with Gasteiger partial charge in [-0.2, -0.15) is 0 Å². The molecule has 0 bridgehead atoms. The molecule has 0 rings (SSSR count). The van der Waals surface area contributed by atoms with Crippen LogP contribution in [0.2, 0.25) is 58.9 Å². The van der Waals surface area contributed by atoms with Crippen LogP contribution in [0.5, 0.6) is 0 Å². The highest BCUT2D eigenvalue weighted by atomic mass is 28.4. The number of aliphatic carboxylic acids is 1. The Kier molecular flexibility index (Phi) is 7.31. The van der Waals surface area contributed by atoms with Crippen molar-refractivity contribution in [3.8, 4) is 0 Å². The van der Waals surface area contributed by atoms with E-state index in [0.29, 0.717) is 6.54 Å². The van der Waals surface area contributed by atoms with Crippen molar-refractivity contribution in [2.45, 2.75) is 83.3 Å². The highest BCUT2D eigenvalue weighted by molar-refractivity contribution is 6.94. The molecular formula is C15H38N2O2Si3. The molecule has 0 radical (unpaired) electrons. The third kappa shape index (κ3) is 4.77. The Morgan fingerprint density at radius 3 is 1.59 bits per heavy atom. The summed E-state index contributed by atoms with van der Waals surface area (Å²) in [5.41, 5.74) is 5.66. The van der Waals surface area contributed by atoms with Gasteiger partial charge < -0.3 is 15.1 Å². The molecule has 0 saturated heterocycles. The van der Waals surface area contributed by atoms with Gasteiger partial charge in [0.05, 0.1) is 13.2 Å². The Bertz CT molecular complexity index is 370. The van der Waals surface area contributed by atoms with Crippen molar-refractivity contribution in [2.75, 3.05) is 6.54 Å². The number of carbonyl (C=O) groups is 1. The second-order valence-electron chi connectivity index (χ2n) is 9.34. The Morgan fingerprint density at radius 1 is 0.955 bits per heavy atom. The first-order valence-corrected chi connectivity index (χ1v) is 18.8. The normalized spacial score (nSPS) is 16.7. The molecule has 3 N–H and O–H groups in total. The summed E-state index contributed by atoms with van der Waals surface area (Å²) in [6.07, 6.45) is 2.55. The number of nitrogens with zero attached hydrogens (tertiary/aromatic N) is 1. The van der Waals surface area contributed by atoms with E-state index < -0.39 is 35.7 Å². The van der Waals surface area contributed by atoms with Gasteiger partial charge in [0.1, 0.15) is 16.5 Å². The zero-order valence-corrected chi connectivity index (χ0v) is 19.2. The summed E-state index contributed by atoms with van der Waals surface area (Å²) >= 11 is 0. The monoisotopic (exact) mass is 362 g/mol. The van der Waals surface area contributed by atoms with Crippen LogP contribution in [0.3, 0.4) is 0 Å². The number of carboxylic acid groups (broad SMARTS) is 1. The maximum atomic E-state index is 12.6. The molecule has 0 heterocycles. The summed E-state index contributed by atoms with van der Waals surface area (Å²) in [6, 6.07) is 0. The molecule has 0 aromatic rings. The van der Waals surface area contributed by atoms with Crippen LogP contribution < -0.4 is 5.73 Å². The molecule has 0 aromatic carbocycles. The van der Waals surface area contributed by atoms with Crippen molar-refractivity contribution in [1.29, 1.82) is 0 Å². The molecule has 0 aromatic heterocycles. The smallest absolute Gasteiger partial charge is 0.319 e. The van der Waals surface area contributed by atoms with Crippen LogP contribution in [-0.2, 0) is 4.79 Å². The molecule has 4 nitrogen and oxygen atoms in total. The summed E-state index contributed by atoms with van der Waals surface area (Å²) in [4.78, 5) is 12.6. The Morgan fingerprint density at radius 2 is 1.36 bits per heavy atom. The van der Waals surface area contributed by atoms with Gasteiger partial charge in [-0.25, -0.2) is 0 Å². The lowest BCUT2D eigenvalue weighted by Gasteiger charge is -2.59. The number of hydrogen-bond acceptors (Lipinski definition) is 3.